The van der Waals surface area contributed by atoms with Gasteiger partial charge in [-0.3, -0.25) is 5.01 Å². The Bertz CT molecular complexity index is 1280. The van der Waals surface area contributed by atoms with Crippen LogP contribution in [0, 0.1) is 0 Å². The van der Waals surface area contributed by atoms with Gasteiger partial charge in [0.15, 0.2) is 5.82 Å². The van der Waals surface area contributed by atoms with Crippen LogP contribution in [0.5, 0.6) is 11.5 Å². The summed E-state index contributed by atoms with van der Waals surface area (Å²) in [6, 6.07) is 22.8. The fraction of sp³-hybridized carbons (Fsp3) is 0.0952. The Balaban J connectivity index is 1.68. The molecule has 1 aromatic heterocycles. The first-order valence-corrected chi connectivity index (χ1v) is 10.8. The Morgan fingerprint density at radius 1 is 0.968 bits per heavy atom. The number of nitrogens with zero attached hydrogens (tertiary/aromatic N) is 5. The van der Waals surface area contributed by atoms with Gasteiger partial charge in [-0.25, -0.2) is 13.1 Å². The molecule has 10 heteroatoms. The zero-order valence-corrected chi connectivity index (χ0v) is 17.7. The highest BCUT2D eigenvalue weighted by atomic mass is 32.2. The van der Waals surface area contributed by atoms with E-state index in [1.807, 2.05) is 30.3 Å². The summed E-state index contributed by atoms with van der Waals surface area (Å²) in [7, 11) is -0.406. The smallest absolute Gasteiger partial charge is 0.257 e. The molecule has 0 aliphatic heterocycles. The van der Waals surface area contributed by atoms with Gasteiger partial charge in [0.05, 0.1) is 16.1 Å². The second kappa shape index (κ2) is 8.54. The van der Waals surface area contributed by atoms with Crippen LogP contribution in [0.3, 0.4) is 0 Å². The van der Waals surface area contributed by atoms with Gasteiger partial charge in [0.2, 0.25) is 0 Å². The fourth-order valence-corrected chi connectivity index (χ4v) is 4.04. The highest BCUT2D eigenvalue weighted by Gasteiger charge is 2.19. The van der Waals surface area contributed by atoms with E-state index in [2.05, 4.69) is 20.4 Å². The van der Waals surface area contributed by atoms with E-state index in [1.165, 1.54) is 21.8 Å². The van der Waals surface area contributed by atoms with E-state index in [1.54, 1.807) is 50.5 Å². The number of ether oxygens (including phenoxy) is 1. The van der Waals surface area contributed by atoms with Crippen molar-refractivity contribution >= 4 is 15.7 Å². The first kappa shape index (κ1) is 20.5. The molecule has 1 heterocycles. The predicted molar refractivity (Wildman–Crippen MR) is 116 cm³/mol. The van der Waals surface area contributed by atoms with E-state index in [9.17, 15) is 8.42 Å². The molecule has 0 fully saturated rings. The maximum Gasteiger partial charge on any atom is 0.257 e. The van der Waals surface area contributed by atoms with Crippen LogP contribution in [-0.2, 0) is 17.1 Å². The number of hydrogen-bond donors (Lipinski definition) is 1. The third-order valence-electron chi connectivity index (χ3n) is 4.49. The minimum Gasteiger partial charge on any atom is -0.457 e. The molecule has 0 saturated heterocycles. The Kier molecular flexibility index (Phi) is 5.65. The number of benzene rings is 3. The minimum atomic E-state index is -3.74. The van der Waals surface area contributed by atoms with Crippen LogP contribution in [0.2, 0.25) is 0 Å². The molecule has 3 aromatic carbocycles. The highest BCUT2D eigenvalue weighted by molar-refractivity contribution is 7.89. The molecule has 0 aliphatic carbocycles. The molecule has 158 valence electrons. The zero-order valence-electron chi connectivity index (χ0n) is 16.9. The first-order chi connectivity index (χ1) is 14.9. The van der Waals surface area contributed by atoms with Gasteiger partial charge in [0.1, 0.15) is 11.5 Å². The van der Waals surface area contributed by atoms with Crippen LogP contribution in [-0.4, -0.2) is 35.7 Å². The van der Waals surface area contributed by atoms with Gasteiger partial charge in [-0.15, -0.1) is 9.93 Å². The summed E-state index contributed by atoms with van der Waals surface area (Å²) in [6.45, 7) is 0. The van der Waals surface area contributed by atoms with Gasteiger partial charge < -0.3 is 4.74 Å². The van der Waals surface area contributed by atoms with Crippen molar-refractivity contribution in [3.63, 3.8) is 0 Å². The molecule has 0 saturated carbocycles. The van der Waals surface area contributed by atoms with Crippen molar-refractivity contribution in [1.29, 1.82) is 0 Å². The van der Waals surface area contributed by atoms with E-state index in [0.717, 1.165) is 0 Å². The molecule has 0 radical (unpaired) electrons. The summed E-state index contributed by atoms with van der Waals surface area (Å²) in [6.07, 6.45) is 0. The molecule has 0 atom stereocenters. The zero-order chi connectivity index (χ0) is 21.8. The summed E-state index contributed by atoms with van der Waals surface area (Å²) in [5, 5.41) is 13.1. The van der Waals surface area contributed by atoms with Crippen molar-refractivity contribution in [3.8, 4) is 22.9 Å². The van der Waals surface area contributed by atoms with Gasteiger partial charge in [0, 0.05) is 14.1 Å². The minimum absolute atomic E-state index is 0.170. The summed E-state index contributed by atoms with van der Waals surface area (Å²) in [4.78, 5) is 2.72. The highest BCUT2D eigenvalue weighted by Crippen LogP contribution is 2.34. The van der Waals surface area contributed by atoms with Crippen LogP contribution >= 0.6 is 0 Å². The lowest BCUT2D eigenvalue weighted by Gasteiger charge is -2.22. The van der Waals surface area contributed by atoms with Gasteiger partial charge in [-0.2, -0.15) is 0 Å². The lowest BCUT2D eigenvalue weighted by Crippen LogP contribution is -2.39. The van der Waals surface area contributed by atoms with Gasteiger partial charge in [0.25, 0.3) is 10.0 Å². The van der Waals surface area contributed by atoms with E-state index >= 15 is 0 Å². The van der Waals surface area contributed by atoms with Crippen LogP contribution < -0.4 is 14.6 Å². The number of para-hydroxylation sites is 1. The van der Waals surface area contributed by atoms with E-state index in [0.29, 0.717) is 28.6 Å². The van der Waals surface area contributed by atoms with Crippen LogP contribution in [0.4, 0.5) is 5.69 Å². The summed E-state index contributed by atoms with van der Waals surface area (Å²) in [5.41, 5.74) is 1.19. The number of nitrogens with one attached hydrogen (secondary N) is 1. The van der Waals surface area contributed by atoms with E-state index < -0.39 is 10.0 Å². The monoisotopic (exact) mass is 436 g/mol. The lowest BCUT2D eigenvalue weighted by molar-refractivity contribution is 0.483. The molecule has 1 N–H and O–H groups in total. The molecule has 31 heavy (non-hydrogen) atoms. The Morgan fingerprint density at radius 3 is 2.29 bits per heavy atom. The maximum atomic E-state index is 12.7. The van der Waals surface area contributed by atoms with Crippen molar-refractivity contribution in [3.05, 3.63) is 78.9 Å². The molecule has 4 rings (SSSR count). The van der Waals surface area contributed by atoms with Crippen molar-refractivity contribution in [1.82, 2.24) is 25.0 Å². The fourth-order valence-electron chi connectivity index (χ4n) is 2.95. The number of rotatable bonds is 7. The number of aromatic nitrogens is 4. The summed E-state index contributed by atoms with van der Waals surface area (Å²) >= 11 is 0. The molecule has 0 aliphatic rings. The molecule has 0 amide bonds. The number of anilines is 1. The Labute approximate surface area is 179 Å². The van der Waals surface area contributed by atoms with E-state index in [-0.39, 0.29) is 4.90 Å². The maximum absolute atomic E-state index is 12.7. The van der Waals surface area contributed by atoms with Gasteiger partial charge in [-0.05, 0) is 52.9 Å². The number of sulfonamides is 1. The molecule has 4 aromatic rings. The topological polar surface area (TPSA) is 102 Å². The number of hydrazine groups is 1. The molecular weight excluding hydrogens is 416 g/mol. The second-order valence-corrected chi connectivity index (χ2v) is 8.35. The SMILES string of the molecule is CN(NS(=O)(=O)c1ccccc1)c1ccc(Oc2ccccc2)c(-c2nnnn2C)c1. The normalized spacial score (nSPS) is 11.3. The number of tetrazole rings is 1. The predicted octanol–water partition coefficient (Wildman–Crippen LogP) is 3.00. The molecular formula is C21H20N6O3S. The van der Waals surface area contributed by atoms with Gasteiger partial charge in [-0.1, -0.05) is 36.4 Å². The quantitative estimate of drug-likeness (QED) is 0.444. The molecule has 0 unspecified atom stereocenters. The average Bonchev–Trinajstić information content (AvgIpc) is 3.20. The Morgan fingerprint density at radius 2 is 1.65 bits per heavy atom. The second-order valence-electron chi connectivity index (χ2n) is 6.69. The third-order valence-corrected chi connectivity index (χ3v) is 5.90. The van der Waals surface area contributed by atoms with Crippen molar-refractivity contribution in [2.75, 3.05) is 12.1 Å². The molecule has 0 bridgehead atoms. The summed E-state index contributed by atoms with van der Waals surface area (Å²) < 4.78 is 32.9. The lowest BCUT2D eigenvalue weighted by atomic mass is 10.1. The van der Waals surface area contributed by atoms with Gasteiger partial charge >= 0.3 is 0 Å². The standard InChI is InChI=1S/C21H20N6O3S/c1-26(25-31(28,29)18-11-7-4-8-12-18)16-13-14-20(30-17-9-5-3-6-10-17)19(15-16)21-22-23-24-27(21)2/h3-15,25H,1-2H3. The number of hydrogen-bond acceptors (Lipinski definition) is 7. The molecule has 0 spiro atoms. The average molecular weight is 436 g/mol. The van der Waals surface area contributed by atoms with E-state index in [4.69, 9.17) is 4.74 Å². The largest absolute Gasteiger partial charge is 0.457 e. The van der Waals surface area contributed by atoms with Crippen LogP contribution in [0.1, 0.15) is 0 Å². The van der Waals surface area contributed by atoms with Crippen molar-refractivity contribution in [2.24, 2.45) is 7.05 Å². The third kappa shape index (κ3) is 4.55. The summed E-state index contributed by atoms with van der Waals surface area (Å²) in [5.74, 6) is 1.67. The molecule has 9 nitrogen and oxygen atoms in total. The van der Waals surface area contributed by atoms with Crippen LogP contribution in [0.15, 0.2) is 83.8 Å². The van der Waals surface area contributed by atoms with Crippen molar-refractivity contribution in [2.45, 2.75) is 4.90 Å². The first-order valence-electron chi connectivity index (χ1n) is 9.35. The van der Waals surface area contributed by atoms with Crippen molar-refractivity contribution < 1.29 is 13.2 Å². The van der Waals surface area contributed by atoms with Crippen LogP contribution in [0.25, 0.3) is 11.4 Å². The number of aryl methyl sites for hydroxylation is 1. The Hall–Kier alpha value is -3.76.